The maximum atomic E-state index is 10.4. The van der Waals surface area contributed by atoms with Crippen LogP contribution in [0.1, 0.15) is 24.0 Å². The number of fused-ring (bicyclic) bond motifs is 7. The molecular formula is C22H23NO3. The molecule has 0 aromatic heterocycles. The summed E-state index contributed by atoms with van der Waals surface area (Å²) in [4.78, 5) is 2.61. The van der Waals surface area contributed by atoms with Gasteiger partial charge in [0.25, 0.3) is 0 Å². The first-order chi connectivity index (χ1) is 12.7. The van der Waals surface area contributed by atoms with Crippen molar-refractivity contribution in [2.75, 3.05) is 20.8 Å². The summed E-state index contributed by atoms with van der Waals surface area (Å²) in [6, 6.07) is 10.8. The summed E-state index contributed by atoms with van der Waals surface area (Å²) in [5.74, 6) is 1.55. The fourth-order valence-corrected chi connectivity index (χ4v) is 4.85. The Balaban J connectivity index is 1.89. The van der Waals surface area contributed by atoms with Gasteiger partial charge in [-0.3, -0.25) is 4.90 Å². The van der Waals surface area contributed by atoms with E-state index in [9.17, 15) is 5.11 Å². The third-order valence-electron chi connectivity index (χ3n) is 6.15. The SMILES string of the molecule is COc1ccc2c3c(c4cc(OC)c(O)cc4c2c1)CN1CCC[C@@H]1C3. The van der Waals surface area contributed by atoms with Gasteiger partial charge in [-0.1, -0.05) is 6.07 Å². The monoisotopic (exact) mass is 349 g/mol. The van der Waals surface area contributed by atoms with Crippen LogP contribution in [0.2, 0.25) is 0 Å². The summed E-state index contributed by atoms with van der Waals surface area (Å²) in [6.07, 6.45) is 3.66. The van der Waals surface area contributed by atoms with Crippen molar-refractivity contribution in [2.45, 2.75) is 31.8 Å². The first-order valence-corrected chi connectivity index (χ1v) is 9.26. The van der Waals surface area contributed by atoms with Crippen LogP contribution >= 0.6 is 0 Å². The van der Waals surface area contributed by atoms with Gasteiger partial charge >= 0.3 is 0 Å². The van der Waals surface area contributed by atoms with Gasteiger partial charge in [-0.15, -0.1) is 0 Å². The number of hydrogen-bond acceptors (Lipinski definition) is 4. The molecule has 1 saturated heterocycles. The zero-order valence-electron chi connectivity index (χ0n) is 15.2. The van der Waals surface area contributed by atoms with Gasteiger partial charge in [0.15, 0.2) is 11.5 Å². The van der Waals surface area contributed by atoms with Gasteiger partial charge in [-0.05, 0) is 82.7 Å². The minimum atomic E-state index is 0.180. The fourth-order valence-electron chi connectivity index (χ4n) is 4.85. The molecule has 4 nitrogen and oxygen atoms in total. The van der Waals surface area contributed by atoms with Crippen LogP contribution < -0.4 is 9.47 Å². The molecule has 2 heterocycles. The molecule has 1 N–H and O–H groups in total. The van der Waals surface area contributed by atoms with Gasteiger partial charge in [-0.2, -0.15) is 0 Å². The predicted molar refractivity (Wildman–Crippen MR) is 103 cm³/mol. The molecule has 1 fully saturated rings. The fraction of sp³-hybridized carbons (Fsp3) is 0.364. The Morgan fingerprint density at radius 2 is 1.81 bits per heavy atom. The molecule has 0 aliphatic carbocycles. The van der Waals surface area contributed by atoms with Crippen molar-refractivity contribution in [1.82, 2.24) is 4.90 Å². The van der Waals surface area contributed by atoms with E-state index in [1.807, 2.05) is 18.2 Å². The minimum Gasteiger partial charge on any atom is -0.504 e. The van der Waals surface area contributed by atoms with Crippen LogP contribution in [0.3, 0.4) is 0 Å². The Bertz CT molecular complexity index is 1030. The molecule has 0 unspecified atom stereocenters. The normalized spacial score (nSPS) is 19.5. The molecule has 134 valence electrons. The maximum absolute atomic E-state index is 10.4. The number of nitrogens with zero attached hydrogens (tertiary/aromatic N) is 1. The summed E-state index contributed by atoms with van der Waals surface area (Å²) < 4.78 is 10.9. The van der Waals surface area contributed by atoms with E-state index < -0.39 is 0 Å². The third kappa shape index (κ3) is 2.18. The predicted octanol–water partition coefficient (Wildman–Crippen LogP) is 4.24. The van der Waals surface area contributed by atoms with Gasteiger partial charge < -0.3 is 14.6 Å². The molecule has 0 amide bonds. The first kappa shape index (κ1) is 15.8. The highest BCUT2D eigenvalue weighted by molar-refractivity contribution is 6.12. The lowest BCUT2D eigenvalue weighted by atomic mass is 9.85. The van der Waals surface area contributed by atoms with Crippen LogP contribution in [0.15, 0.2) is 30.3 Å². The zero-order chi connectivity index (χ0) is 17.8. The molecule has 0 spiro atoms. The molecule has 4 heteroatoms. The van der Waals surface area contributed by atoms with Gasteiger partial charge in [0.2, 0.25) is 0 Å². The Kier molecular flexibility index (Phi) is 3.50. The lowest BCUT2D eigenvalue weighted by Crippen LogP contribution is -2.35. The number of phenols is 1. The van der Waals surface area contributed by atoms with Crippen LogP contribution in [0, 0.1) is 0 Å². The molecule has 26 heavy (non-hydrogen) atoms. The smallest absolute Gasteiger partial charge is 0.161 e. The Morgan fingerprint density at radius 3 is 2.62 bits per heavy atom. The van der Waals surface area contributed by atoms with Crippen LogP contribution in [0.5, 0.6) is 17.2 Å². The summed E-state index contributed by atoms with van der Waals surface area (Å²) in [6.45, 7) is 2.16. The van der Waals surface area contributed by atoms with E-state index in [0.29, 0.717) is 11.8 Å². The minimum absolute atomic E-state index is 0.180. The van der Waals surface area contributed by atoms with Crippen molar-refractivity contribution in [3.8, 4) is 17.2 Å². The molecule has 2 aliphatic rings. The largest absolute Gasteiger partial charge is 0.504 e. The van der Waals surface area contributed by atoms with Crippen LogP contribution in [0.4, 0.5) is 0 Å². The van der Waals surface area contributed by atoms with Crippen molar-refractivity contribution < 1.29 is 14.6 Å². The molecule has 3 aromatic carbocycles. The highest BCUT2D eigenvalue weighted by atomic mass is 16.5. The van der Waals surface area contributed by atoms with E-state index >= 15 is 0 Å². The van der Waals surface area contributed by atoms with Crippen molar-refractivity contribution in [2.24, 2.45) is 0 Å². The van der Waals surface area contributed by atoms with Crippen LogP contribution in [-0.4, -0.2) is 36.8 Å². The summed E-state index contributed by atoms with van der Waals surface area (Å²) in [5.41, 5.74) is 2.83. The van der Waals surface area contributed by atoms with E-state index in [1.54, 1.807) is 14.2 Å². The number of rotatable bonds is 2. The lowest BCUT2D eigenvalue weighted by molar-refractivity contribution is 0.229. The van der Waals surface area contributed by atoms with Crippen molar-refractivity contribution in [3.63, 3.8) is 0 Å². The van der Waals surface area contributed by atoms with Crippen LogP contribution in [-0.2, 0) is 13.0 Å². The zero-order valence-corrected chi connectivity index (χ0v) is 15.2. The maximum Gasteiger partial charge on any atom is 0.161 e. The van der Waals surface area contributed by atoms with E-state index in [1.165, 1.54) is 41.3 Å². The first-order valence-electron chi connectivity index (χ1n) is 9.26. The second-order valence-corrected chi connectivity index (χ2v) is 7.41. The second kappa shape index (κ2) is 5.78. The van der Waals surface area contributed by atoms with Gasteiger partial charge in [-0.25, -0.2) is 0 Å². The van der Waals surface area contributed by atoms with Crippen molar-refractivity contribution in [3.05, 3.63) is 41.5 Å². The van der Waals surface area contributed by atoms with E-state index in [0.717, 1.165) is 29.5 Å². The molecule has 2 aliphatic heterocycles. The molecule has 3 aromatic rings. The lowest BCUT2D eigenvalue weighted by Gasteiger charge is -2.33. The number of phenolic OH excluding ortho intramolecular Hbond substituents is 1. The Hall–Kier alpha value is -2.46. The number of ether oxygens (including phenoxy) is 2. The van der Waals surface area contributed by atoms with Gasteiger partial charge in [0.05, 0.1) is 14.2 Å². The molecule has 0 saturated carbocycles. The van der Waals surface area contributed by atoms with Crippen molar-refractivity contribution >= 4 is 21.5 Å². The van der Waals surface area contributed by atoms with Gasteiger partial charge in [0.1, 0.15) is 5.75 Å². The van der Waals surface area contributed by atoms with E-state index in [4.69, 9.17) is 9.47 Å². The third-order valence-corrected chi connectivity index (χ3v) is 6.15. The average Bonchev–Trinajstić information content (AvgIpc) is 3.13. The molecule has 0 radical (unpaired) electrons. The summed E-state index contributed by atoms with van der Waals surface area (Å²) in [7, 11) is 3.30. The number of hydrogen-bond donors (Lipinski definition) is 1. The number of benzene rings is 3. The standard InChI is InChI=1S/C22H23NO3/c1-25-14-5-6-15-16-8-13-4-3-7-23(13)12-20(16)19-11-22(26-2)21(24)10-18(19)17(15)9-14/h5-6,9-11,13,24H,3-4,7-8,12H2,1-2H3/t13-/m1/s1. The average molecular weight is 349 g/mol. The quantitative estimate of drug-likeness (QED) is 0.703. The summed E-state index contributed by atoms with van der Waals surface area (Å²) >= 11 is 0. The number of methoxy groups -OCH3 is 2. The molecule has 1 atom stereocenters. The highest BCUT2D eigenvalue weighted by Crippen LogP contribution is 2.43. The van der Waals surface area contributed by atoms with Crippen molar-refractivity contribution in [1.29, 1.82) is 0 Å². The van der Waals surface area contributed by atoms with E-state index in [2.05, 4.69) is 17.0 Å². The molecule has 5 rings (SSSR count). The van der Waals surface area contributed by atoms with E-state index in [-0.39, 0.29) is 5.75 Å². The molecule has 0 bridgehead atoms. The van der Waals surface area contributed by atoms with Crippen LogP contribution in [0.25, 0.3) is 21.5 Å². The number of aromatic hydroxyl groups is 1. The molecular weight excluding hydrogens is 326 g/mol. The second-order valence-electron chi connectivity index (χ2n) is 7.41. The topological polar surface area (TPSA) is 41.9 Å². The van der Waals surface area contributed by atoms with Gasteiger partial charge in [0, 0.05) is 12.6 Å². The highest BCUT2D eigenvalue weighted by Gasteiger charge is 2.32. The Labute approximate surface area is 152 Å². The Morgan fingerprint density at radius 1 is 0.962 bits per heavy atom. The summed E-state index contributed by atoms with van der Waals surface area (Å²) in [5, 5.41) is 15.0.